The van der Waals surface area contributed by atoms with E-state index in [2.05, 4.69) is 34.6 Å². The summed E-state index contributed by atoms with van der Waals surface area (Å²) >= 11 is 0. The smallest absolute Gasteiger partial charge is 0.0457 e. The number of benzene rings is 1. The van der Waals surface area contributed by atoms with Crippen molar-refractivity contribution in [1.29, 1.82) is 0 Å². The van der Waals surface area contributed by atoms with Gasteiger partial charge in [-0.2, -0.15) is 0 Å². The Morgan fingerprint density at radius 3 is 2.93 bits per heavy atom. The first kappa shape index (κ1) is 10.5. The van der Waals surface area contributed by atoms with Gasteiger partial charge in [-0.3, -0.25) is 0 Å². The molecule has 15 heavy (non-hydrogen) atoms. The summed E-state index contributed by atoms with van der Waals surface area (Å²) in [6.45, 7) is 1.16. The van der Waals surface area contributed by atoms with E-state index in [0.717, 1.165) is 6.54 Å². The van der Waals surface area contributed by atoms with Gasteiger partial charge in [-0.05, 0) is 42.5 Å². The number of aromatic nitrogens is 1. The summed E-state index contributed by atoms with van der Waals surface area (Å²) in [6.07, 6.45) is 4.57. The van der Waals surface area contributed by atoms with Gasteiger partial charge in [-0.1, -0.05) is 12.1 Å². The van der Waals surface area contributed by atoms with Gasteiger partial charge in [0.25, 0.3) is 0 Å². The third-order valence-corrected chi connectivity index (χ3v) is 3.04. The molecule has 0 saturated carbocycles. The number of aromatic amines is 1. The van der Waals surface area contributed by atoms with Gasteiger partial charge in [0.05, 0.1) is 0 Å². The molecule has 3 heteroatoms. The molecule has 2 N–H and O–H groups in total. The quantitative estimate of drug-likeness (QED) is 0.763. The van der Waals surface area contributed by atoms with Crippen LogP contribution in [0, 0.1) is 0 Å². The highest BCUT2D eigenvalue weighted by molar-refractivity contribution is 5.85. The van der Waals surface area contributed by atoms with E-state index in [4.69, 9.17) is 0 Å². The molecule has 2 aromatic rings. The molecule has 0 bridgehead atoms. The SMILES string of the molecule is Cl.c1cc2ccc([C@H]3CCCN3)cc2[nH]1. The van der Waals surface area contributed by atoms with Crippen LogP contribution in [-0.2, 0) is 0 Å². The van der Waals surface area contributed by atoms with Crippen molar-refractivity contribution in [2.45, 2.75) is 18.9 Å². The summed E-state index contributed by atoms with van der Waals surface area (Å²) in [4.78, 5) is 3.26. The van der Waals surface area contributed by atoms with E-state index in [9.17, 15) is 0 Å². The predicted molar refractivity (Wildman–Crippen MR) is 65.5 cm³/mol. The lowest BCUT2D eigenvalue weighted by Gasteiger charge is -2.10. The molecular weight excluding hydrogens is 208 g/mol. The number of hydrogen-bond donors (Lipinski definition) is 2. The van der Waals surface area contributed by atoms with Crippen molar-refractivity contribution < 1.29 is 0 Å². The molecule has 1 saturated heterocycles. The monoisotopic (exact) mass is 222 g/mol. The highest BCUT2D eigenvalue weighted by Crippen LogP contribution is 2.25. The van der Waals surface area contributed by atoms with Crippen molar-refractivity contribution in [3.8, 4) is 0 Å². The van der Waals surface area contributed by atoms with Crippen LogP contribution in [0.25, 0.3) is 10.9 Å². The average Bonchev–Trinajstić information content (AvgIpc) is 2.88. The fraction of sp³-hybridized carbons (Fsp3) is 0.333. The van der Waals surface area contributed by atoms with Crippen LogP contribution in [-0.4, -0.2) is 11.5 Å². The van der Waals surface area contributed by atoms with Crippen LogP contribution in [0.4, 0.5) is 0 Å². The molecule has 0 unspecified atom stereocenters. The molecule has 2 nitrogen and oxygen atoms in total. The van der Waals surface area contributed by atoms with E-state index in [1.807, 2.05) is 6.20 Å². The largest absolute Gasteiger partial charge is 0.361 e. The number of rotatable bonds is 1. The van der Waals surface area contributed by atoms with Crippen molar-refractivity contribution in [2.24, 2.45) is 0 Å². The third-order valence-electron chi connectivity index (χ3n) is 3.04. The Kier molecular flexibility index (Phi) is 2.98. The van der Waals surface area contributed by atoms with E-state index >= 15 is 0 Å². The summed E-state index contributed by atoms with van der Waals surface area (Å²) < 4.78 is 0. The zero-order valence-corrected chi connectivity index (χ0v) is 9.31. The van der Waals surface area contributed by atoms with Crippen LogP contribution >= 0.6 is 12.4 Å². The maximum atomic E-state index is 3.52. The summed E-state index contributed by atoms with van der Waals surface area (Å²) in [6, 6.07) is 9.38. The molecule has 0 aliphatic carbocycles. The lowest BCUT2D eigenvalue weighted by atomic mass is 10.0. The summed E-state index contributed by atoms with van der Waals surface area (Å²) in [5.41, 5.74) is 2.66. The zero-order chi connectivity index (χ0) is 9.38. The van der Waals surface area contributed by atoms with E-state index in [1.54, 1.807) is 0 Å². The second-order valence-electron chi connectivity index (χ2n) is 3.97. The Morgan fingerprint density at radius 2 is 2.13 bits per heavy atom. The molecule has 2 heterocycles. The van der Waals surface area contributed by atoms with Gasteiger partial charge in [0.2, 0.25) is 0 Å². The summed E-state index contributed by atoms with van der Waals surface area (Å²) in [5.74, 6) is 0. The number of halogens is 1. The van der Waals surface area contributed by atoms with Crippen LogP contribution in [0.15, 0.2) is 30.5 Å². The minimum atomic E-state index is 0. The van der Waals surface area contributed by atoms with E-state index in [0.29, 0.717) is 6.04 Å². The number of nitrogens with one attached hydrogen (secondary N) is 2. The van der Waals surface area contributed by atoms with Gasteiger partial charge in [0.1, 0.15) is 0 Å². The fourth-order valence-corrected chi connectivity index (χ4v) is 2.25. The standard InChI is InChI=1S/C12H14N2.ClH/c1-2-11(13-6-1)10-4-3-9-5-7-14-12(9)8-10;/h3-5,7-8,11,13-14H,1-2,6H2;1H/t11-;/m1./s1. The third kappa shape index (κ3) is 1.87. The van der Waals surface area contributed by atoms with Gasteiger partial charge < -0.3 is 10.3 Å². The normalized spacial score (nSPS) is 20.4. The van der Waals surface area contributed by atoms with Gasteiger partial charge in [0, 0.05) is 17.8 Å². The van der Waals surface area contributed by atoms with Crippen molar-refractivity contribution >= 4 is 23.3 Å². The number of H-pyrrole nitrogens is 1. The Balaban J connectivity index is 0.000000853. The molecule has 3 rings (SSSR count). The van der Waals surface area contributed by atoms with Crippen LogP contribution < -0.4 is 5.32 Å². The molecule has 1 aliphatic heterocycles. The average molecular weight is 223 g/mol. The van der Waals surface area contributed by atoms with Crippen molar-refractivity contribution in [3.63, 3.8) is 0 Å². The molecule has 1 aromatic carbocycles. The van der Waals surface area contributed by atoms with Gasteiger partial charge in [0.15, 0.2) is 0 Å². The van der Waals surface area contributed by atoms with Crippen molar-refractivity contribution in [2.75, 3.05) is 6.54 Å². The van der Waals surface area contributed by atoms with Gasteiger partial charge in [-0.25, -0.2) is 0 Å². The molecule has 1 aromatic heterocycles. The molecule has 1 fully saturated rings. The van der Waals surface area contributed by atoms with Gasteiger partial charge >= 0.3 is 0 Å². The predicted octanol–water partition coefficient (Wildman–Crippen LogP) is 3.01. The molecule has 0 radical (unpaired) electrons. The van der Waals surface area contributed by atoms with Crippen molar-refractivity contribution in [1.82, 2.24) is 10.3 Å². The second kappa shape index (κ2) is 4.25. The number of hydrogen-bond acceptors (Lipinski definition) is 1. The first-order valence-corrected chi connectivity index (χ1v) is 5.24. The Bertz CT molecular complexity index is 444. The van der Waals surface area contributed by atoms with Crippen LogP contribution in [0.5, 0.6) is 0 Å². The second-order valence-corrected chi connectivity index (χ2v) is 3.97. The minimum Gasteiger partial charge on any atom is -0.361 e. The van der Waals surface area contributed by atoms with Crippen LogP contribution in [0.1, 0.15) is 24.4 Å². The topological polar surface area (TPSA) is 27.8 Å². The van der Waals surface area contributed by atoms with Gasteiger partial charge in [-0.15, -0.1) is 12.4 Å². The summed E-state index contributed by atoms with van der Waals surface area (Å²) in [7, 11) is 0. The Hall–Kier alpha value is -0.990. The van der Waals surface area contributed by atoms with Crippen LogP contribution in [0.3, 0.4) is 0 Å². The number of fused-ring (bicyclic) bond motifs is 1. The molecule has 1 aliphatic rings. The first-order chi connectivity index (χ1) is 6.93. The Labute approximate surface area is 95.5 Å². The lowest BCUT2D eigenvalue weighted by molar-refractivity contribution is 0.648. The van der Waals surface area contributed by atoms with E-state index in [-0.39, 0.29) is 12.4 Å². The molecular formula is C12H15ClN2. The van der Waals surface area contributed by atoms with Crippen molar-refractivity contribution in [3.05, 3.63) is 36.0 Å². The highest BCUT2D eigenvalue weighted by Gasteiger charge is 2.15. The highest BCUT2D eigenvalue weighted by atomic mass is 35.5. The fourth-order valence-electron chi connectivity index (χ4n) is 2.25. The molecule has 0 spiro atoms. The molecule has 80 valence electrons. The minimum absolute atomic E-state index is 0. The van der Waals surface area contributed by atoms with E-state index < -0.39 is 0 Å². The first-order valence-electron chi connectivity index (χ1n) is 5.24. The molecule has 0 amide bonds. The maximum absolute atomic E-state index is 3.52. The Morgan fingerprint density at radius 1 is 1.20 bits per heavy atom. The zero-order valence-electron chi connectivity index (χ0n) is 8.49. The summed E-state index contributed by atoms with van der Waals surface area (Å²) in [5, 5.41) is 4.81. The van der Waals surface area contributed by atoms with E-state index in [1.165, 1.54) is 29.3 Å². The maximum Gasteiger partial charge on any atom is 0.0457 e. The lowest BCUT2D eigenvalue weighted by Crippen LogP contribution is -2.12. The van der Waals surface area contributed by atoms with Crippen LogP contribution in [0.2, 0.25) is 0 Å². The molecule has 1 atom stereocenters.